The molecule has 0 spiro atoms. The van der Waals surface area contributed by atoms with Gasteiger partial charge in [-0.3, -0.25) is 14.4 Å². The van der Waals surface area contributed by atoms with Gasteiger partial charge in [-0.05, 0) is 124 Å². The Morgan fingerprint density at radius 2 is 1.07 bits per heavy atom. The van der Waals surface area contributed by atoms with Crippen molar-refractivity contribution in [2.45, 2.75) is 144 Å². The van der Waals surface area contributed by atoms with Crippen LogP contribution in [0.1, 0.15) is 149 Å². The van der Waals surface area contributed by atoms with E-state index in [1.807, 2.05) is 6.07 Å². The molecule has 6 nitrogen and oxygen atoms in total. The fourth-order valence-corrected chi connectivity index (χ4v) is 8.11. The Kier molecular flexibility index (Phi) is 11.6. The van der Waals surface area contributed by atoms with Crippen molar-refractivity contribution in [2.75, 3.05) is 10.6 Å². The molecule has 0 aliphatic heterocycles. The van der Waals surface area contributed by atoms with E-state index in [1.165, 1.54) is 12.8 Å². The lowest BCUT2D eigenvalue weighted by Gasteiger charge is -2.36. The molecule has 3 aliphatic rings. The minimum Gasteiger partial charge on any atom is -0.349 e. The Bertz CT molecular complexity index is 1060. The lowest BCUT2D eigenvalue weighted by atomic mass is 9.69. The van der Waals surface area contributed by atoms with Crippen LogP contribution >= 0.6 is 0 Å². The third kappa shape index (κ3) is 9.57. The van der Waals surface area contributed by atoms with Gasteiger partial charge in [0.1, 0.15) is 0 Å². The molecule has 44 heavy (non-hydrogen) atoms. The van der Waals surface area contributed by atoms with Crippen LogP contribution in [0, 0.1) is 40.4 Å². The minimum atomic E-state index is -0.132. The summed E-state index contributed by atoms with van der Waals surface area (Å²) >= 11 is 0. The smallest absolute Gasteiger partial charge is 0.251 e. The molecule has 3 N–H and O–H groups in total. The quantitative estimate of drug-likeness (QED) is 0.275. The standard InChI is InChI=1S/C38H61N3O3/c1-8-9-25-10-20-31(21-11-25)39-36(44)28-22-32(40-34(42)26-12-16-29(17-13-26)37(2,3)4)24-33(23-28)41-35(43)27-14-18-30(19-15-27)38(5,6)7/h22-27,29-31H,8-21H2,1-7H3,(H,39,44)(H,40,42)(H,41,43)/t25-,26-,27-,29+,30+,31+. The maximum absolute atomic E-state index is 13.5. The molecule has 0 radical (unpaired) electrons. The van der Waals surface area contributed by atoms with E-state index < -0.39 is 0 Å². The number of hydrogen-bond donors (Lipinski definition) is 3. The van der Waals surface area contributed by atoms with Crippen LogP contribution in [0.5, 0.6) is 0 Å². The highest BCUT2D eigenvalue weighted by molar-refractivity contribution is 6.01. The number of benzene rings is 1. The lowest BCUT2D eigenvalue weighted by Crippen LogP contribution is -2.37. The van der Waals surface area contributed by atoms with Gasteiger partial charge in [-0.25, -0.2) is 0 Å². The van der Waals surface area contributed by atoms with Crippen LogP contribution in [0.4, 0.5) is 11.4 Å². The molecule has 4 rings (SSSR count). The van der Waals surface area contributed by atoms with Crippen LogP contribution < -0.4 is 16.0 Å². The second-order valence-corrected chi connectivity index (χ2v) is 16.6. The van der Waals surface area contributed by atoms with E-state index >= 15 is 0 Å². The third-order valence-electron chi connectivity index (χ3n) is 11.3. The van der Waals surface area contributed by atoms with Gasteiger partial charge in [0.25, 0.3) is 5.91 Å². The molecular formula is C38H61N3O3. The number of anilines is 2. The summed E-state index contributed by atoms with van der Waals surface area (Å²) < 4.78 is 0. The maximum atomic E-state index is 13.5. The first-order valence-electron chi connectivity index (χ1n) is 17.8. The summed E-state index contributed by atoms with van der Waals surface area (Å²) in [5.74, 6) is 1.88. The molecule has 1 aromatic carbocycles. The maximum Gasteiger partial charge on any atom is 0.251 e. The van der Waals surface area contributed by atoms with Crippen LogP contribution in [0.15, 0.2) is 18.2 Å². The molecule has 246 valence electrons. The first-order valence-corrected chi connectivity index (χ1v) is 17.8. The second-order valence-electron chi connectivity index (χ2n) is 16.6. The largest absolute Gasteiger partial charge is 0.349 e. The first-order chi connectivity index (χ1) is 20.7. The van der Waals surface area contributed by atoms with E-state index in [0.29, 0.717) is 28.8 Å². The van der Waals surface area contributed by atoms with Gasteiger partial charge >= 0.3 is 0 Å². The van der Waals surface area contributed by atoms with Crippen molar-refractivity contribution in [2.24, 2.45) is 40.4 Å². The first kappa shape index (κ1) is 34.5. The van der Waals surface area contributed by atoms with Gasteiger partial charge in [0.2, 0.25) is 11.8 Å². The SMILES string of the molecule is CCC[C@H]1CC[C@@H](NC(=O)c2cc(NC(=O)[C@H]3CC[C@@H](C(C)(C)C)CC3)cc(NC(=O)[C@H]3CC[C@@H](C(C)(C)C)CC3)c2)CC1. The average Bonchev–Trinajstić information content (AvgIpc) is 2.97. The Balaban J connectivity index is 1.45. The predicted molar refractivity (Wildman–Crippen MR) is 182 cm³/mol. The summed E-state index contributed by atoms with van der Waals surface area (Å²) in [6.07, 6.45) is 14.6. The van der Waals surface area contributed by atoms with Gasteiger partial charge in [-0.15, -0.1) is 0 Å². The van der Waals surface area contributed by atoms with E-state index in [-0.39, 0.29) is 46.4 Å². The number of amides is 3. The molecule has 0 unspecified atom stereocenters. The second kappa shape index (κ2) is 14.8. The summed E-state index contributed by atoms with van der Waals surface area (Å²) in [4.78, 5) is 40.3. The Hall–Kier alpha value is -2.37. The molecule has 6 heteroatoms. The zero-order chi connectivity index (χ0) is 32.1. The summed E-state index contributed by atoms with van der Waals surface area (Å²) in [7, 11) is 0. The molecule has 3 aliphatic carbocycles. The van der Waals surface area contributed by atoms with E-state index in [9.17, 15) is 14.4 Å². The highest BCUT2D eigenvalue weighted by Crippen LogP contribution is 2.41. The van der Waals surface area contributed by atoms with Crippen molar-refractivity contribution in [3.05, 3.63) is 23.8 Å². The van der Waals surface area contributed by atoms with Gasteiger partial charge in [-0.1, -0.05) is 61.3 Å². The normalized spacial score (nSPS) is 28.2. The lowest BCUT2D eigenvalue weighted by molar-refractivity contribution is -0.122. The van der Waals surface area contributed by atoms with Crippen molar-refractivity contribution in [3.8, 4) is 0 Å². The van der Waals surface area contributed by atoms with Crippen LogP contribution in [-0.2, 0) is 9.59 Å². The highest BCUT2D eigenvalue weighted by atomic mass is 16.2. The topological polar surface area (TPSA) is 87.3 Å². The molecule has 3 amide bonds. The fourth-order valence-electron chi connectivity index (χ4n) is 8.11. The van der Waals surface area contributed by atoms with Gasteiger partial charge in [0, 0.05) is 34.8 Å². The predicted octanol–water partition coefficient (Wildman–Crippen LogP) is 9.36. The van der Waals surface area contributed by atoms with Gasteiger partial charge in [0.05, 0.1) is 0 Å². The molecule has 3 fully saturated rings. The van der Waals surface area contributed by atoms with Crippen LogP contribution in [-0.4, -0.2) is 23.8 Å². The third-order valence-corrected chi connectivity index (χ3v) is 11.3. The monoisotopic (exact) mass is 607 g/mol. The fraction of sp³-hybridized carbons (Fsp3) is 0.763. The van der Waals surface area contributed by atoms with Crippen molar-refractivity contribution in [1.82, 2.24) is 5.32 Å². The van der Waals surface area contributed by atoms with Crippen molar-refractivity contribution in [1.29, 1.82) is 0 Å². The summed E-state index contributed by atoms with van der Waals surface area (Å²) in [5.41, 5.74) is 2.18. The van der Waals surface area contributed by atoms with Gasteiger partial charge in [0.15, 0.2) is 0 Å². The van der Waals surface area contributed by atoms with Crippen LogP contribution in [0.3, 0.4) is 0 Å². The summed E-state index contributed by atoms with van der Waals surface area (Å²) in [6, 6.07) is 5.55. The number of carbonyl (C=O) groups excluding carboxylic acids is 3. The Morgan fingerprint density at radius 3 is 1.45 bits per heavy atom. The number of rotatable bonds is 8. The van der Waals surface area contributed by atoms with E-state index in [2.05, 4.69) is 64.4 Å². The van der Waals surface area contributed by atoms with Crippen LogP contribution in [0.2, 0.25) is 0 Å². The van der Waals surface area contributed by atoms with Crippen molar-refractivity contribution < 1.29 is 14.4 Å². The summed E-state index contributed by atoms with van der Waals surface area (Å²) in [6.45, 7) is 16.0. The molecular weight excluding hydrogens is 546 g/mol. The van der Waals surface area contributed by atoms with E-state index in [1.54, 1.807) is 12.1 Å². The average molecular weight is 608 g/mol. The minimum absolute atomic E-state index is 0.0157. The highest BCUT2D eigenvalue weighted by Gasteiger charge is 2.34. The van der Waals surface area contributed by atoms with Gasteiger partial charge in [-0.2, -0.15) is 0 Å². The Labute approximate surface area is 267 Å². The van der Waals surface area contributed by atoms with Crippen LogP contribution in [0.25, 0.3) is 0 Å². The molecule has 0 bridgehead atoms. The Morgan fingerprint density at radius 1 is 0.636 bits per heavy atom. The molecule has 0 saturated heterocycles. The van der Waals surface area contributed by atoms with Crippen molar-refractivity contribution >= 4 is 29.1 Å². The number of hydrogen-bond acceptors (Lipinski definition) is 3. The molecule has 0 aromatic heterocycles. The van der Waals surface area contributed by atoms with Gasteiger partial charge < -0.3 is 16.0 Å². The summed E-state index contributed by atoms with van der Waals surface area (Å²) in [5, 5.41) is 9.52. The van der Waals surface area contributed by atoms with E-state index in [4.69, 9.17) is 0 Å². The number of nitrogens with one attached hydrogen (secondary N) is 3. The molecule has 0 heterocycles. The molecule has 3 saturated carbocycles. The number of carbonyl (C=O) groups is 3. The zero-order valence-electron chi connectivity index (χ0n) is 28.8. The van der Waals surface area contributed by atoms with Crippen molar-refractivity contribution in [3.63, 3.8) is 0 Å². The van der Waals surface area contributed by atoms with E-state index in [0.717, 1.165) is 83.0 Å². The molecule has 1 aromatic rings. The zero-order valence-corrected chi connectivity index (χ0v) is 28.8. The molecule has 0 atom stereocenters.